The highest BCUT2D eigenvalue weighted by atomic mass is 16.4. The highest BCUT2D eigenvalue weighted by Gasteiger charge is 2.58. The van der Waals surface area contributed by atoms with E-state index in [0.717, 1.165) is 22.2 Å². The van der Waals surface area contributed by atoms with Crippen LogP contribution in [-0.4, -0.2) is 95.1 Å². The SMILES string of the molecule is C[C@@H](O)[C@H]1C(=O)N2C(C(=O)[O-])=C(c3ccc4c(c3)-c3ccc(C[N+]56CC[N+](C)(CC5)CC6)cc3C4=O)[C@H](C)[C@H]12. The fourth-order valence-corrected chi connectivity index (χ4v) is 7.99. The average Bonchev–Trinajstić information content (AvgIpc) is 3.33. The molecule has 1 amide bonds. The molecule has 0 unspecified atom stereocenters. The van der Waals surface area contributed by atoms with E-state index in [0.29, 0.717) is 22.3 Å². The van der Waals surface area contributed by atoms with Crippen LogP contribution in [0.4, 0.5) is 0 Å². The molecule has 8 nitrogen and oxygen atoms in total. The molecular formula is C31H34N3O5+. The summed E-state index contributed by atoms with van der Waals surface area (Å²) in [7, 11) is 2.36. The van der Waals surface area contributed by atoms with Crippen LogP contribution < -0.4 is 5.11 Å². The predicted molar refractivity (Wildman–Crippen MR) is 142 cm³/mol. The predicted octanol–water partition coefficient (Wildman–Crippen LogP) is 1.01. The Kier molecular flexibility index (Phi) is 5.13. The number of β-lactam (4-membered cyclic amide) rings is 1. The molecular weight excluding hydrogens is 494 g/mol. The lowest BCUT2D eigenvalue weighted by Crippen LogP contribution is -2.73. The smallest absolute Gasteiger partial charge is 0.235 e. The quantitative estimate of drug-likeness (QED) is 0.394. The third kappa shape index (κ3) is 3.38. The second-order valence-corrected chi connectivity index (χ2v) is 12.7. The minimum Gasteiger partial charge on any atom is -0.543 e. The summed E-state index contributed by atoms with van der Waals surface area (Å²) in [5.74, 6) is -2.73. The number of carboxylic acid groups (broad SMARTS) is 1. The van der Waals surface area contributed by atoms with Crippen LogP contribution in [0.15, 0.2) is 42.1 Å². The molecule has 4 atom stereocenters. The highest BCUT2D eigenvalue weighted by molar-refractivity contribution is 6.22. The molecule has 2 aromatic rings. The minimum absolute atomic E-state index is 0.00308. The monoisotopic (exact) mass is 528 g/mol. The topological polar surface area (TPSA) is 97.7 Å². The van der Waals surface area contributed by atoms with Crippen LogP contribution in [0.5, 0.6) is 0 Å². The molecule has 2 bridgehead atoms. The lowest BCUT2D eigenvalue weighted by molar-refractivity contribution is -1.08. The van der Waals surface area contributed by atoms with Crippen LogP contribution in [0, 0.1) is 11.8 Å². The molecule has 4 fully saturated rings. The number of amides is 1. The number of carboxylic acids is 1. The Morgan fingerprint density at radius 2 is 1.67 bits per heavy atom. The molecule has 2 aromatic carbocycles. The normalized spacial score (nSPS) is 33.1. The van der Waals surface area contributed by atoms with Crippen molar-refractivity contribution in [2.24, 2.45) is 11.8 Å². The number of ketones is 1. The summed E-state index contributed by atoms with van der Waals surface area (Å²) in [6, 6.07) is 11.3. The van der Waals surface area contributed by atoms with Crippen molar-refractivity contribution in [3.63, 3.8) is 0 Å². The average molecular weight is 529 g/mol. The lowest BCUT2D eigenvalue weighted by atomic mass is 9.76. The molecule has 202 valence electrons. The van der Waals surface area contributed by atoms with Gasteiger partial charge >= 0.3 is 0 Å². The highest BCUT2D eigenvalue weighted by Crippen LogP contribution is 2.51. The number of quaternary nitrogens is 2. The number of aliphatic hydroxyl groups is 1. The molecule has 0 radical (unpaired) electrons. The number of hydrogen-bond donors (Lipinski definition) is 1. The number of rotatable bonds is 5. The molecule has 0 spiro atoms. The van der Waals surface area contributed by atoms with Crippen LogP contribution in [0.3, 0.4) is 0 Å². The third-order valence-electron chi connectivity index (χ3n) is 10.4. The van der Waals surface area contributed by atoms with Gasteiger partial charge in [0.25, 0.3) is 0 Å². The standard InChI is InChI=1S/C31H34N3O5/c1-17-25(28(31(38)39)32-27(17)26(18(2)35)30(32)37)20-5-7-22-23(15-20)21-6-4-19(14-24(21)29(22)36)16-34-11-8-33(3,9-12-34)10-13-34/h4-7,14-15,17-18,26-27,35H,8-13,16H2,1-3H3/q+1/t17-,18+,26+,27+,33?,34?/m0/s1. The van der Waals surface area contributed by atoms with Gasteiger partial charge in [-0.15, -0.1) is 0 Å². The first kappa shape index (κ1) is 24.7. The van der Waals surface area contributed by atoms with E-state index < -0.39 is 24.0 Å². The number of aliphatic carboxylic acids is 1. The molecule has 4 saturated heterocycles. The van der Waals surface area contributed by atoms with E-state index in [1.165, 1.54) is 54.2 Å². The Morgan fingerprint density at radius 1 is 1.00 bits per heavy atom. The maximum absolute atomic E-state index is 13.5. The first-order valence-corrected chi connectivity index (χ1v) is 14.0. The van der Waals surface area contributed by atoms with Gasteiger partial charge in [0.05, 0.1) is 36.8 Å². The molecule has 5 aliphatic heterocycles. The van der Waals surface area contributed by atoms with Crippen molar-refractivity contribution in [3.05, 3.63) is 64.3 Å². The number of piperazine rings is 3. The van der Waals surface area contributed by atoms with Crippen LogP contribution in [0.25, 0.3) is 16.7 Å². The Balaban J connectivity index is 1.23. The third-order valence-corrected chi connectivity index (χ3v) is 10.4. The van der Waals surface area contributed by atoms with Crippen molar-refractivity contribution in [1.82, 2.24) is 4.90 Å². The molecule has 0 aromatic heterocycles. The van der Waals surface area contributed by atoms with Crippen LogP contribution in [-0.2, 0) is 16.1 Å². The Labute approximate surface area is 227 Å². The van der Waals surface area contributed by atoms with E-state index in [2.05, 4.69) is 19.2 Å². The molecule has 5 heterocycles. The second kappa shape index (κ2) is 8.10. The first-order chi connectivity index (χ1) is 18.5. The number of carbonyl (C=O) groups is 3. The fraction of sp³-hybridized carbons (Fsp3) is 0.452. The summed E-state index contributed by atoms with van der Waals surface area (Å²) in [6.45, 7) is 11.6. The molecule has 1 aliphatic carbocycles. The van der Waals surface area contributed by atoms with Gasteiger partial charge in [0.2, 0.25) is 5.91 Å². The Hall–Kier alpha value is -3.33. The van der Waals surface area contributed by atoms with Crippen molar-refractivity contribution in [3.8, 4) is 11.1 Å². The van der Waals surface area contributed by atoms with Gasteiger partial charge in [0.15, 0.2) is 5.78 Å². The summed E-state index contributed by atoms with van der Waals surface area (Å²) < 4.78 is 2.28. The number of nitrogens with zero attached hydrogens (tertiary/aromatic N) is 3. The molecule has 1 N–H and O–H groups in total. The van der Waals surface area contributed by atoms with Crippen LogP contribution in [0.1, 0.15) is 40.9 Å². The van der Waals surface area contributed by atoms with Gasteiger partial charge in [-0.05, 0) is 47.4 Å². The van der Waals surface area contributed by atoms with Crippen molar-refractivity contribution in [2.75, 3.05) is 46.3 Å². The van der Waals surface area contributed by atoms with E-state index >= 15 is 0 Å². The summed E-state index contributed by atoms with van der Waals surface area (Å²) in [5, 5.41) is 22.4. The van der Waals surface area contributed by atoms with Gasteiger partial charge in [-0.25, -0.2) is 0 Å². The zero-order chi connectivity index (χ0) is 27.4. The summed E-state index contributed by atoms with van der Waals surface area (Å²) in [6.07, 6.45) is -0.869. The summed E-state index contributed by atoms with van der Waals surface area (Å²) >= 11 is 0. The second-order valence-electron chi connectivity index (χ2n) is 12.7. The van der Waals surface area contributed by atoms with Gasteiger partial charge in [-0.3, -0.25) is 9.59 Å². The largest absolute Gasteiger partial charge is 0.543 e. The Morgan fingerprint density at radius 3 is 2.31 bits per heavy atom. The van der Waals surface area contributed by atoms with Gasteiger partial charge in [0.1, 0.15) is 45.8 Å². The van der Waals surface area contributed by atoms with Crippen molar-refractivity contribution in [1.29, 1.82) is 0 Å². The Bertz CT molecular complexity index is 1480. The summed E-state index contributed by atoms with van der Waals surface area (Å²) in [4.78, 5) is 39.7. The fourth-order valence-electron chi connectivity index (χ4n) is 7.99. The number of hydrogen-bond acceptors (Lipinski definition) is 5. The minimum atomic E-state index is -1.40. The van der Waals surface area contributed by atoms with Crippen molar-refractivity contribution < 1.29 is 33.6 Å². The molecule has 8 rings (SSSR count). The lowest BCUT2D eigenvalue weighted by Gasteiger charge is -2.54. The van der Waals surface area contributed by atoms with Gasteiger partial charge in [-0.2, -0.15) is 0 Å². The van der Waals surface area contributed by atoms with E-state index in [-0.39, 0.29) is 23.3 Å². The van der Waals surface area contributed by atoms with Crippen molar-refractivity contribution in [2.45, 2.75) is 32.5 Å². The van der Waals surface area contributed by atoms with Crippen LogP contribution in [0.2, 0.25) is 0 Å². The van der Waals surface area contributed by atoms with Gasteiger partial charge in [0, 0.05) is 22.6 Å². The van der Waals surface area contributed by atoms with E-state index in [9.17, 15) is 24.6 Å². The molecule has 8 heteroatoms. The number of aliphatic hydroxyl groups excluding tert-OH is 1. The number of carbonyl (C=O) groups excluding carboxylic acids is 3. The van der Waals surface area contributed by atoms with Gasteiger partial charge in [-0.1, -0.05) is 25.1 Å². The molecule has 6 aliphatic rings. The number of likely N-dealkylation sites (N-methyl/N-ethyl adjacent to an activating group) is 1. The maximum atomic E-state index is 13.5. The number of benzene rings is 2. The summed E-state index contributed by atoms with van der Waals surface area (Å²) in [5.41, 5.74) is 5.22. The number of fused-ring (bicyclic) bond motifs is 7. The van der Waals surface area contributed by atoms with E-state index in [1.807, 2.05) is 19.1 Å². The van der Waals surface area contributed by atoms with Crippen molar-refractivity contribution >= 4 is 23.2 Å². The zero-order valence-corrected chi connectivity index (χ0v) is 22.6. The zero-order valence-electron chi connectivity index (χ0n) is 22.6. The molecule has 0 saturated carbocycles. The first-order valence-electron chi connectivity index (χ1n) is 14.0. The van der Waals surface area contributed by atoms with Crippen LogP contribution >= 0.6 is 0 Å². The molecule has 39 heavy (non-hydrogen) atoms. The van der Waals surface area contributed by atoms with Gasteiger partial charge < -0.3 is 28.9 Å². The maximum Gasteiger partial charge on any atom is 0.235 e. The van der Waals surface area contributed by atoms with E-state index in [1.54, 1.807) is 19.1 Å². The van der Waals surface area contributed by atoms with E-state index in [4.69, 9.17) is 0 Å².